The van der Waals surface area contributed by atoms with Gasteiger partial charge in [0.1, 0.15) is 5.75 Å². The number of nitrogen functional groups attached to an aromatic ring is 1. The number of nitrogens with two attached hydrogens (primary N) is 1. The van der Waals surface area contributed by atoms with E-state index in [1.54, 1.807) is 12.1 Å². The van der Waals surface area contributed by atoms with Crippen molar-refractivity contribution in [3.63, 3.8) is 0 Å². The molecule has 0 radical (unpaired) electrons. The number of ether oxygens (including phenoxy) is 1. The van der Waals surface area contributed by atoms with Crippen LogP contribution in [-0.4, -0.2) is 12.5 Å². The van der Waals surface area contributed by atoms with Crippen molar-refractivity contribution in [2.45, 2.75) is 13.0 Å². The minimum absolute atomic E-state index is 0.0570. The second kappa shape index (κ2) is 7.17. The van der Waals surface area contributed by atoms with Crippen LogP contribution in [0.5, 0.6) is 5.75 Å². The van der Waals surface area contributed by atoms with Crippen LogP contribution in [0.15, 0.2) is 36.4 Å². The molecule has 20 heavy (non-hydrogen) atoms. The Morgan fingerprint density at radius 1 is 1.35 bits per heavy atom. The molecule has 0 bridgehead atoms. The Hall–Kier alpha value is -1.72. The van der Waals surface area contributed by atoms with Crippen molar-refractivity contribution in [2.75, 3.05) is 12.3 Å². The number of anilines is 1. The molecule has 1 aromatic heterocycles. The van der Waals surface area contributed by atoms with Crippen LogP contribution in [0.2, 0.25) is 4.34 Å². The van der Waals surface area contributed by atoms with Crippen molar-refractivity contribution in [1.29, 1.82) is 0 Å². The molecule has 0 aliphatic carbocycles. The van der Waals surface area contributed by atoms with Gasteiger partial charge in [-0.2, -0.15) is 0 Å². The van der Waals surface area contributed by atoms with Gasteiger partial charge in [0.05, 0.1) is 23.9 Å². The lowest BCUT2D eigenvalue weighted by Crippen LogP contribution is -2.24. The van der Waals surface area contributed by atoms with Crippen LogP contribution >= 0.6 is 22.9 Å². The highest BCUT2D eigenvalue weighted by Gasteiger charge is 2.04. The Bertz CT molecular complexity index is 586. The molecule has 0 unspecified atom stereocenters. The van der Waals surface area contributed by atoms with Gasteiger partial charge in [0.15, 0.2) is 0 Å². The molecule has 3 N–H and O–H groups in total. The van der Waals surface area contributed by atoms with Gasteiger partial charge >= 0.3 is 0 Å². The molecule has 2 aromatic rings. The zero-order chi connectivity index (χ0) is 14.4. The van der Waals surface area contributed by atoms with Gasteiger partial charge in [-0.25, -0.2) is 0 Å². The monoisotopic (exact) mass is 310 g/mol. The minimum atomic E-state index is -0.0570. The average molecular weight is 311 g/mol. The van der Waals surface area contributed by atoms with E-state index in [2.05, 4.69) is 5.32 Å². The van der Waals surface area contributed by atoms with E-state index in [-0.39, 0.29) is 5.91 Å². The van der Waals surface area contributed by atoms with Gasteiger partial charge in [0.2, 0.25) is 5.91 Å². The van der Waals surface area contributed by atoms with Crippen molar-refractivity contribution in [2.24, 2.45) is 0 Å². The third-order valence-electron chi connectivity index (χ3n) is 2.54. The van der Waals surface area contributed by atoms with Crippen LogP contribution < -0.4 is 15.8 Å². The Morgan fingerprint density at radius 3 is 2.90 bits per heavy atom. The molecular formula is C14H15ClN2O2S. The molecule has 2 rings (SSSR count). The standard InChI is InChI=1S/C14H15ClN2O2S/c15-13-5-4-12(20-13)9-17-14(18)6-7-19-11-3-1-2-10(16)8-11/h1-5,8H,6-7,9,16H2,(H,17,18). The predicted molar refractivity (Wildman–Crippen MR) is 82.1 cm³/mol. The van der Waals surface area contributed by atoms with E-state index in [0.717, 1.165) is 9.21 Å². The largest absolute Gasteiger partial charge is 0.493 e. The van der Waals surface area contributed by atoms with E-state index in [9.17, 15) is 4.79 Å². The van der Waals surface area contributed by atoms with E-state index in [1.807, 2.05) is 24.3 Å². The highest BCUT2D eigenvalue weighted by Crippen LogP contribution is 2.21. The van der Waals surface area contributed by atoms with Crippen LogP contribution in [-0.2, 0) is 11.3 Å². The van der Waals surface area contributed by atoms with Gasteiger partial charge in [-0.3, -0.25) is 4.79 Å². The van der Waals surface area contributed by atoms with Crippen LogP contribution in [0, 0.1) is 0 Å². The summed E-state index contributed by atoms with van der Waals surface area (Å²) in [5.74, 6) is 0.612. The number of amides is 1. The van der Waals surface area contributed by atoms with Gasteiger partial charge in [0.25, 0.3) is 0 Å². The zero-order valence-electron chi connectivity index (χ0n) is 10.8. The molecule has 1 amide bonds. The third kappa shape index (κ3) is 4.75. The average Bonchev–Trinajstić information content (AvgIpc) is 2.82. The second-order valence-electron chi connectivity index (χ2n) is 4.15. The van der Waals surface area contributed by atoms with E-state index in [1.165, 1.54) is 11.3 Å². The Balaban J connectivity index is 1.67. The van der Waals surface area contributed by atoms with Gasteiger partial charge in [-0.05, 0) is 24.3 Å². The number of nitrogens with one attached hydrogen (secondary N) is 1. The van der Waals surface area contributed by atoms with Gasteiger partial charge in [0, 0.05) is 16.6 Å². The highest BCUT2D eigenvalue weighted by atomic mass is 35.5. The fourth-order valence-electron chi connectivity index (χ4n) is 1.59. The molecule has 0 spiro atoms. The molecule has 6 heteroatoms. The van der Waals surface area contributed by atoms with E-state index >= 15 is 0 Å². The first kappa shape index (κ1) is 14.7. The molecule has 0 saturated heterocycles. The summed E-state index contributed by atoms with van der Waals surface area (Å²) in [5.41, 5.74) is 6.28. The first-order chi connectivity index (χ1) is 9.63. The quantitative estimate of drug-likeness (QED) is 0.806. The molecule has 0 aliphatic heterocycles. The number of benzene rings is 1. The molecule has 0 saturated carbocycles. The van der Waals surface area contributed by atoms with E-state index < -0.39 is 0 Å². The topological polar surface area (TPSA) is 64.3 Å². The Kier molecular flexibility index (Phi) is 5.26. The third-order valence-corrected chi connectivity index (χ3v) is 3.78. The van der Waals surface area contributed by atoms with E-state index in [4.69, 9.17) is 22.1 Å². The number of rotatable bonds is 6. The van der Waals surface area contributed by atoms with Gasteiger partial charge in [-0.15, -0.1) is 11.3 Å². The number of hydrogen-bond donors (Lipinski definition) is 2. The number of carbonyl (C=O) groups excluding carboxylic acids is 1. The summed E-state index contributed by atoms with van der Waals surface area (Å²) in [5, 5.41) is 2.82. The maximum atomic E-state index is 11.6. The van der Waals surface area contributed by atoms with Crippen LogP contribution in [0.1, 0.15) is 11.3 Å². The SMILES string of the molecule is Nc1cccc(OCCC(=O)NCc2ccc(Cl)s2)c1. The van der Waals surface area contributed by atoms with Crippen LogP contribution in [0.3, 0.4) is 0 Å². The lowest BCUT2D eigenvalue weighted by molar-refractivity contribution is -0.121. The summed E-state index contributed by atoms with van der Waals surface area (Å²) in [7, 11) is 0. The summed E-state index contributed by atoms with van der Waals surface area (Å²) in [6, 6.07) is 10.8. The van der Waals surface area contributed by atoms with Gasteiger partial charge in [-0.1, -0.05) is 17.7 Å². The summed E-state index contributed by atoms with van der Waals surface area (Å²) in [6.45, 7) is 0.814. The second-order valence-corrected chi connectivity index (χ2v) is 5.95. The van der Waals surface area contributed by atoms with Gasteiger partial charge < -0.3 is 15.8 Å². The summed E-state index contributed by atoms with van der Waals surface area (Å²) in [6.07, 6.45) is 0.300. The lowest BCUT2D eigenvalue weighted by atomic mass is 10.3. The minimum Gasteiger partial charge on any atom is -0.493 e. The van der Waals surface area contributed by atoms with E-state index in [0.29, 0.717) is 31.0 Å². The first-order valence-corrected chi connectivity index (χ1v) is 7.32. The molecular weight excluding hydrogens is 296 g/mol. The Morgan fingerprint density at radius 2 is 2.20 bits per heavy atom. The van der Waals surface area contributed by atoms with Crippen LogP contribution in [0.4, 0.5) is 5.69 Å². The number of carbonyl (C=O) groups is 1. The van der Waals surface area contributed by atoms with Crippen molar-refractivity contribution < 1.29 is 9.53 Å². The predicted octanol–water partition coefficient (Wildman–Crippen LogP) is 3.07. The van der Waals surface area contributed by atoms with Crippen molar-refractivity contribution in [3.8, 4) is 5.75 Å². The molecule has 106 valence electrons. The fraction of sp³-hybridized carbons (Fsp3) is 0.214. The lowest BCUT2D eigenvalue weighted by Gasteiger charge is -2.07. The van der Waals surface area contributed by atoms with Crippen molar-refractivity contribution >= 4 is 34.5 Å². The number of thiophene rings is 1. The Labute approximate surface area is 126 Å². The van der Waals surface area contributed by atoms with Crippen LogP contribution in [0.25, 0.3) is 0 Å². The zero-order valence-corrected chi connectivity index (χ0v) is 12.3. The maximum Gasteiger partial charge on any atom is 0.223 e. The summed E-state index contributed by atoms with van der Waals surface area (Å²) >= 11 is 7.27. The molecule has 0 aliphatic rings. The number of halogens is 1. The molecule has 1 heterocycles. The smallest absolute Gasteiger partial charge is 0.223 e. The first-order valence-electron chi connectivity index (χ1n) is 6.13. The normalized spacial score (nSPS) is 10.2. The maximum absolute atomic E-state index is 11.6. The van der Waals surface area contributed by atoms with Crippen molar-refractivity contribution in [1.82, 2.24) is 5.32 Å². The molecule has 0 fully saturated rings. The van der Waals surface area contributed by atoms with Crippen molar-refractivity contribution in [3.05, 3.63) is 45.6 Å². The summed E-state index contributed by atoms with van der Waals surface area (Å²) in [4.78, 5) is 12.7. The summed E-state index contributed by atoms with van der Waals surface area (Å²) < 4.78 is 6.18. The highest BCUT2D eigenvalue weighted by molar-refractivity contribution is 7.16. The number of hydrogen-bond acceptors (Lipinski definition) is 4. The molecule has 4 nitrogen and oxygen atoms in total. The molecule has 1 aromatic carbocycles. The fourth-order valence-corrected chi connectivity index (χ4v) is 2.61. The molecule has 0 atom stereocenters.